The molecule has 0 spiro atoms. The van der Waals surface area contributed by atoms with Gasteiger partial charge in [-0.2, -0.15) is 0 Å². The van der Waals surface area contributed by atoms with E-state index in [0.717, 1.165) is 0 Å². The molecule has 9 heavy (non-hydrogen) atoms. The average molecular weight is 126 g/mol. The lowest BCUT2D eigenvalue weighted by Gasteiger charge is -2.05. The Hall–Kier alpha value is -0.760. The highest BCUT2D eigenvalue weighted by Gasteiger charge is 2.07. The summed E-state index contributed by atoms with van der Waals surface area (Å²) >= 11 is 0. The lowest BCUT2D eigenvalue weighted by atomic mass is 10.4. The number of hydrogen-bond acceptors (Lipinski definition) is 2. The zero-order valence-electron chi connectivity index (χ0n) is 5.25. The fourth-order valence-corrected chi connectivity index (χ4v) is 0.709. The van der Waals surface area contributed by atoms with Crippen LogP contribution in [-0.2, 0) is 9.47 Å². The van der Waals surface area contributed by atoms with Gasteiger partial charge >= 0.3 is 0 Å². The van der Waals surface area contributed by atoms with Gasteiger partial charge < -0.3 is 9.47 Å². The first-order chi connectivity index (χ1) is 4.43. The van der Waals surface area contributed by atoms with Crippen molar-refractivity contribution in [2.24, 2.45) is 0 Å². The highest BCUT2D eigenvalue weighted by molar-refractivity contribution is 4.95. The zero-order valence-corrected chi connectivity index (χ0v) is 5.25. The second-order valence-corrected chi connectivity index (χ2v) is 1.80. The maximum absolute atomic E-state index is 5.17. The van der Waals surface area contributed by atoms with E-state index in [-0.39, 0.29) is 6.10 Å². The minimum absolute atomic E-state index is 0.142. The third kappa shape index (κ3) is 1.90. The van der Waals surface area contributed by atoms with Crippen molar-refractivity contribution >= 4 is 0 Å². The Bertz CT molecular complexity index is 118. The van der Waals surface area contributed by atoms with E-state index >= 15 is 0 Å². The van der Waals surface area contributed by atoms with Crippen LogP contribution in [0.3, 0.4) is 0 Å². The summed E-state index contributed by atoms with van der Waals surface area (Å²) in [6.45, 7) is 4.72. The highest BCUT2D eigenvalue weighted by atomic mass is 16.5. The number of ether oxygens (including phenoxy) is 2. The minimum atomic E-state index is 0.142. The van der Waals surface area contributed by atoms with E-state index in [2.05, 4.69) is 6.58 Å². The molecule has 0 aromatic carbocycles. The molecule has 1 unspecified atom stereocenters. The van der Waals surface area contributed by atoms with Crippen LogP contribution in [0.5, 0.6) is 0 Å². The molecule has 1 heterocycles. The van der Waals surface area contributed by atoms with Crippen molar-refractivity contribution in [3.05, 3.63) is 25.0 Å². The number of rotatable bonds is 3. The van der Waals surface area contributed by atoms with Crippen molar-refractivity contribution in [1.82, 2.24) is 0 Å². The summed E-state index contributed by atoms with van der Waals surface area (Å²) in [7, 11) is 0. The molecule has 0 aromatic rings. The second-order valence-electron chi connectivity index (χ2n) is 1.80. The smallest absolute Gasteiger partial charge is 0.117 e. The van der Waals surface area contributed by atoms with E-state index in [1.54, 1.807) is 0 Å². The first-order valence-electron chi connectivity index (χ1n) is 2.94. The van der Waals surface area contributed by atoms with E-state index in [4.69, 9.17) is 9.47 Å². The predicted octanol–water partition coefficient (Wildman–Crippen LogP) is 1.10. The molecule has 0 aliphatic carbocycles. The predicted molar refractivity (Wildman–Crippen MR) is 35.0 cm³/mol. The van der Waals surface area contributed by atoms with Gasteiger partial charge in [0.1, 0.15) is 12.7 Å². The van der Waals surface area contributed by atoms with Crippen molar-refractivity contribution in [3.8, 4) is 0 Å². The minimum Gasteiger partial charge on any atom is -0.499 e. The van der Waals surface area contributed by atoms with Crippen LogP contribution in [0.15, 0.2) is 25.0 Å². The molecule has 0 aromatic heterocycles. The summed E-state index contributed by atoms with van der Waals surface area (Å²) in [5, 5.41) is 0. The second kappa shape index (κ2) is 3.30. The first kappa shape index (κ1) is 6.36. The van der Waals surface area contributed by atoms with Crippen molar-refractivity contribution in [2.75, 3.05) is 13.2 Å². The molecule has 0 amide bonds. The van der Waals surface area contributed by atoms with Gasteiger partial charge in [0.25, 0.3) is 0 Å². The van der Waals surface area contributed by atoms with Gasteiger partial charge in [0.05, 0.1) is 12.9 Å². The molecular weight excluding hydrogens is 116 g/mol. The van der Waals surface area contributed by atoms with Gasteiger partial charge in [-0.05, 0) is 0 Å². The van der Waals surface area contributed by atoms with Gasteiger partial charge in [0.15, 0.2) is 0 Å². The molecule has 1 rings (SSSR count). The van der Waals surface area contributed by atoms with E-state index < -0.39 is 0 Å². The SMILES string of the molecule is C=COCC1C=CCO1. The molecule has 0 bridgehead atoms. The topological polar surface area (TPSA) is 18.5 Å². The molecule has 50 valence electrons. The average Bonchev–Trinajstić information content (AvgIpc) is 2.34. The monoisotopic (exact) mass is 126 g/mol. The molecule has 0 radical (unpaired) electrons. The van der Waals surface area contributed by atoms with Gasteiger partial charge in [-0.25, -0.2) is 0 Å². The molecule has 1 atom stereocenters. The molecule has 1 aliphatic rings. The molecule has 1 aliphatic heterocycles. The van der Waals surface area contributed by atoms with E-state index in [0.29, 0.717) is 13.2 Å². The maximum Gasteiger partial charge on any atom is 0.117 e. The molecule has 0 fully saturated rings. The fourth-order valence-electron chi connectivity index (χ4n) is 0.709. The summed E-state index contributed by atoms with van der Waals surface area (Å²) < 4.78 is 10.1. The third-order valence-electron chi connectivity index (χ3n) is 1.14. The molecule has 2 heteroatoms. The van der Waals surface area contributed by atoms with Crippen LogP contribution in [0.25, 0.3) is 0 Å². The lowest BCUT2D eigenvalue weighted by Crippen LogP contribution is -2.10. The van der Waals surface area contributed by atoms with Crippen LogP contribution < -0.4 is 0 Å². The summed E-state index contributed by atoms with van der Waals surface area (Å²) in [6.07, 6.45) is 5.54. The maximum atomic E-state index is 5.17. The van der Waals surface area contributed by atoms with Gasteiger partial charge in [-0.15, -0.1) is 0 Å². The lowest BCUT2D eigenvalue weighted by molar-refractivity contribution is 0.0673. The Kier molecular flexibility index (Phi) is 2.33. The van der Waals surface area contributed by atoms with Gasteiger partial charge in [0, 0.05) is 0 Å². The van der Waals surface area contributed by atoms with Crippen LogP contribution in [0.2, 0.25) is 0 Å². The number of hydrogen-bond donors (Lipinski definition) is 0. The largest absolute Gasteiger partial charge is 0.499 e. The van der Waals surface area contributed by atoms with Gasteiger partial charge in [0.2, 0.25) is 0 Å². The van der Waals surface area contributed by atoms with Crippen LogP contribution in [0.1, 0.15) is 0 Å². The standard InChI is InChI=1S/C7H10O2/c1-2-8-6-7-4-3-5-9-7/h2-4,7H,1,5-6H2. The van der Waals surface area contributed by atoms with Crippen molar-refractivity contribution < 1.29 is 9.47 Å². The van der Waals surface area contributed by atoms with Crippen molar-refractivity contribution in [1.29, 1.82) is 0 Å². The summed E-state index contributed by atoms with van der Waals surface area (Å²) in [5.74, 6) is 0. The Morgan fingerprint density at radius 1 is 1.89 bits per heavy atom. The van der Waals surface area contributed by atoms with E-state index in [1.807, 2.05) is 12.2 Å². The van der Waals surface area contributed by atoms with Crippen LogP contribution in [-0.4, -0.2) is 19.3 Å². The highest BCUT2D eigenvalue weighted by Crippen LogP contribution is 2.02. The fraction of sp³-hybridized carbons (Fsp3) is 0.429. The zero-order chi connectivity index (χ0) is 6.53. The van der Waals surface area contributed by atoms with Crippen molar-refractivity contribution in [2.45, 2.75) is 6.10 Å². The molecule has 0 saturated heterocycles. The van der Waals surface area contributed by atoms with E-state index in [9.17, 15) is 0 Å². The van der Waals surface area contributed by atoms with Gasteiger partial charge in [-0.3, -0.25) is 0 Å². The van der Waals surface area contributed by atoms with Crippen LogP contribution in [0, 0.1) is 0 Å². The van der Waals surface area contributed by atoms with Crippen molar-refractivity contribution in [3.63, 3.8) is 0 Å². The molecule has 0 N–H and O–H groups in total. The summed E-state index contributed by atoms with van der Waals surface area (Å²) in [4.78, 5) is 0. The van der Waals surface area contributed by atoms with E-state index in [1.165, 1.54) is 6.26 Å². The Morgan fingerprint density at radius 3 is 3.33 bits per heavy atom. The molecule has 0 saturated carbocycles. The Morgan fingerprint density at radius 2 is 2.78 bits per heavy atom. The molecular formula is C7H10O2. The Labute approximate surface area is 54.8 Å². The Balaban J connectivity index is 2.12. The molecule has 2 nitrogen and oxygen atoms in total. The first-order valence-corrected chi connectivity index (χ1v) is 2.94. The van der Waals surface area contributed by atoms with Crippen LogP contribution >= 0.6 is 0 Å². The summed E-state index contributed by atoms with van der Waals surface area (Å²) in [6, 6.07) is 0. The normalized spacial score (nSPS) is 24.2. The third-order valence-corrected chi connectivity index (χ3v) is 1.14. The van der Waals surface area contributed by atoms with Gasteiger partial charge in [-0.1, -0.05) is 18.7 Å². The van der Waals surface area contributed by atoms with Crippen LogP contribution in [0.4, 0.5) is 0 Å². The quantitative estimate of drug-likeness (QED) is 0.416. The summed E-state index contributed by atoms with van der Waals surface area (Å²) in [5.41, 5.74) is 0.